The number of esters is 3. The molecule has 0 aliphatic heterocycles. The fourth-order valence-electron chi connectivity index (χ4n) is 10.3. The summed E-state index contributed by atoms with van der Waals surface area (Å²) < 4.78 is 16.9. The van der Waals surface area contributed by atoms with Crippen LogP contribution in [0.15, 0.2) is 60.8 Å². The average Bonchev–Trinajstić information content (AvgIpc) is 3.45. The quantitative estimate of drug-likeness (QED) is 0.0261. The van der Waals surface area contributed by atoms with Crippen molar-refractivity contribution in [2.45, 2.75) is 374 Å². The van der Waals surface area contributed by atoms with Crippen molar-refractivity contribution in [2.24, 2.45) is 0 Å². The van der Waals surface area contributed by atoms with Crippen LogP contribution in [0.25, 0.3) is 0 Å². The summed E-state index contributed by atoms with van der Waals surface area (Å²) in [6.07, 6.45) is 86.9. The predicted molar refractivity (Wildman–Crippen MR) is 344 cm³/mol. The van der Waals surface area contributed by atoms with Gasteiger partial charge in [-0.05, 0) is 83.5 Å². The average molecular weight is 1110 g/mol. The smallest absolute Gasteiger partial charge is 0.306 e. The van der Waals surface area contributed by atoms with Crippen LogP contribution < -0.4 is 0 Å². The van der Waals surface area contributed by atoms with Crippen molar-refractivity contribution in [3.63, 3.8) is 0 Å². The van der Waals surface area contributed by atoms with E-state index in [1.54, 1.807) is 0 Å². The summed E-state index contributed by atoms with van der Waals surface area (Å²) in [7, 11) is 0. The monoisotopic (exact) mass is 1110 g/mol. The number of hydrogen-bond donors (Lipinski definition) is 0. The van der Waals surface area contributed by atoms with Gasteiger partial charge in [-0.15, -0.1) is 0 Å². The molecule has 1 unspecified atom stereocenters. The molecule has 0 amide bonds. The molecule has 0 radical (unpaired) electrons. The molecule has 0 N–H and O–H groups in total. The summed E-state index contributed by atoms with van der Waals surface area (Å²) in [6.45, 7) is 6.54. The predicted octanol–water partition coefficient (Wildman–Crippen LogP) is 23.9. The standard InChI is InChI=1S/C73H132O6/c1-4-7-10-13-16-19-22-25-28-30-32-33-34-35-36-37-38-39-40-41-43-45-48-51-54-57-60-63-66-72(75)78-69-70(68-77-71(74)65-62-59-56-53-50-47-44-27-24-21-18-15-12-9-6-3)79-73(76)67-64-61-58-55-52-49-46-42-31-29-26-23-20-17-14-11-8-5-2/h9,12,18,21,27,29,31,44,50,53,70H,4-8,10-11,13-17,19-20,22-26,28,30,32-43,45-49,51-52,54-69H2,1-3H3/b12-9-,21-18-,31-29-,44-27-,53-50-. The molecule has 6 heteroatoms. The van der Waals surface area contributed by atoms with Crippen LogP contribution in [0.3, 0.4) is 0 Å². The highest BCUT2D eigenvalue weighted by Crippen LogP contribution is 2.18. The number of carbonyl (C=O) groups is 3. The Kier molecular flexibility index (Phi) is 65.1. The summed E-state index contributed by atoms with van der Waals surface area (Å²) in [5.41, 5.74) is 0. The van der Waals surface area contributed by atoms with E-state index in [9.17, 15) is 14.4 Å². The molecule has 0 spiro atoms. The van der Waals surface area contributed by atoms with Gasteiger partial charge in [0.1, 0.15) is 13.2 Å². The first-order valence-corrected chi connectivity index (χ1v) is 34.8. The van der Waals surface area contributed by atoms with Gasteiger partial charge in [0.25, 0.3) is 0 Å². The van der Waals surface area contributed by atoms with E-state index >= 15 is 0 Å². The molecule has 1 atom stereocenters. The van der Waals surface area contributed by atoms with E-state index in [0.717, 1.165) is 83.5 Å². The van der Waals surface area contributed by atoms with E-state index in [1.807, 2.05) is 0 Å². The van der Waals surface area contributed by atoms with Gasteiger partial charge in [0.05, 0.1) is 0 Å². The Hall–Kier alpha value is -2.89. The second-order valence-electron chi connectivity index (χ2n) is 23.4. The summed E-state index contributed by atoms with van der Waals surface area (Å²) in [6, 6.07) is 0. The van der Waals surface area contributed by atoms with Crippen molar-refractivity contribution < 1.29 is 28.6 Å². The molecule has 79 heavy (non-hydrogen) atoms. The minimum absolute atomic E-state index is 0.0858. The van der Waals surface area contributed by atoms with Crippen LogP contribution in [-0.4, -0.2) is 37.2 Å². The van der Waals surface area contributed by atoms with Crippen molar-refractivity contribution in [3.8, 4) is 0 Å². The zero-order valence-electron chi connectivity index (χ0n) is 52.9. The number of ether oxygens (including phenoxy) is 3. The number of unbranched alkanes of at least 4 members (excludes halogenated alkanes) is 43. The minimum Gasteiger partial charge on any atom is -0.462 e. The van der Waals surface area contributed by atoms with E-state index in [-0.39, 0.29) is 31.1 Å². The SMILES string of the molecule is CC/C=C\C/C=C\C/C=C\C/C=C\CCCCC(=O)OCC(COC(=O)CCCCCCCCCCCCCCCCCCCCCCCCCCCCCC)OC(=O)CCCCCCCCC/C=C\CCCCCCCCC. The topological polar surface area (TPSA) is 78.9 Å². The maximum absolute atomic E-state index is 12.9. The Labute approximate surface area is 491 Å². The zero-order chi connectivity index (χ0) is 57.1. The largest absolute Gasteiger partial charge is 0.462 e. The van der Waals surface area contributed by atoms with E-state index in [0.29, 0.717) is 19.3 Å². The van der Waals surface area contributed by atoms with E-state index in [4.69, 9.17) is 14.2 Å². The van der Waals surface area contributed by atoms with Crippen molar-refractivity contribution in [3.05, 3.63) is 60.8 Å². The molecule has 0 aliphatic rings. The molecule has 0 rings (SSSR count). The molecule has 6 nitrogen and oxygen atoms in total. The van der Waals surface area contributed by atoms with Crippen LogP contribution in [0.2, 0.25) is 0 Å². The molecule has 0 bridgehead atoms. The highest BCUT2D eigenvalue weighted by atomic mass is 16.6. The molecule has 460 valence electrons. The Morgan fingerprint density at radius 2 is 0.494 bits per heavy atom. The normalized spacial score (nSPS) is 12.4. The van der Waals surface area contributed by atoms with Gasteiger partial charge >= 0.3 is 17.9 Å². The van der Waals surface area contributed by atoms with Crippen molar-refractivity contribution in [1.29, 1.82) is 0 Å². The van der Waals surface area contributed by atoms with Crippen LogP contribution in [0.4, 0.5) is 0 Å². The lowest BCUT2D eigenvalue weighted by Crippen LogP contribution is -2.30. The maximum atomic E-state index is 12.9. The highest BCUT2D eigenvalue weighted by molar-refractivity contribution is 5.71. The van der Waals surface area contributed by atoms with E-state index < -0.39 is 6.10 Å². The third kappa shape index (κ3) is 65.8. The first-order chi connectivity index (χ1) is 39.0. The second kappa shape index (κ2) is 67.6. The third-order valence-corrected chi connectivity index (χ3v) is 15.5. The molecule has 0 heterocycles. The Balaban J connectivity index is 4.25. The van der Waals surface area contributed by atoms with Gasteiger partial charge in [0.2, 0.25) is 0 Å². The lowest BCUT2D eigenvalue weighted by molar-refractivity contribution is -0.167. The Morgan fingerprint density at radius 1 is 0.266 bits per heavy atom. The summed E-state index contributed by atoms with van der Waals surface area (Å²) in [5, 5.41) is 0. The van der Waals surface area contributed by atoms with Crippen LogP contribution in [0.5, 0.6) is 0 Å². The lowest BCUT2D eigenvalue weighted by Gasteiger charge is -2.18. The van der Waals surface area contributed by atoms with Gasteiger partial charge < -0.3 is 14.2 Å². The fourth-order valence-corrected chi connectivity index (χ4v) is 10.3. The molecule has 0 aromatic heterocycles. The second-order valence-corrected chi connectivity index (χ2v) is 23.4. The van der Waals surface area contributed by atoms with Crippen LogP contribution in [-0.2, 0) is 28.6 Å². The summed E-state index contributed by atoms with van der Waals surface area (Å²) >= 11 is 0. The Bertz CT molecular complexity index is 1410. The molecule has 0 aromatic carbocycles. The third-order valence-electron chi connectivity index (χ3n) is 15.5. The van der Waals surface area contributed by atoms with Gasteiger partial charge in [0.15, 0.2) is 6.10 Å². The van der Waals surface area contributed by atoms with Gasteiger partial charge in [-0.3, -0.25) is 14.4 Å². The number of rotatable bonds is 64. The van der Waals surface area contributed by atoms with Crippen LogP contribution in [0, 0.1) is 0 Å². The number of hydrogen-bond acceptors (Lipinski definition) is 6. The Morgan fingerprint density at radius 3 is 0.810 bits per heavy atom. The van der Waals surface area contributed by atoms with Crippen molar-refractivity contribution in [1.82, 2.24) is 0 Å². The van der Waals surface area contributed by atoms with E-state index in [1.165, 1.54) is 244 Å². The van der Waals surface area contributed by atoms with E-state index in [2.05, 4.69) is 81.5 Å². The molecule has 0 saturated carbocycles. The van der Waals surface area contributed by atoms with Crippen molar-refractivity contribution >= 4 is 17.9 Å². The highest BCUT2D eigenvalue weighted by Gasteiger charge is 2.19. The first-order valence-electron chi connectivity index (χ1n) is 34.8. The van der Waals surface area contributed by atoms with Gasteiger partial charge in [0, 0.05) is 19.3 Å². The fraction of sp³-hybridized carbons (Fsp3) is 0.822. The summed E-state index contributed by atoms with van der Waals surface area (Å²) in [4.78, 5) is 38.4. The minimum atomic E-state index is -0.793. The molecular weight excluding hydrogens is 973 g/mol. The first kappa shape index (κ1) is 76.1. The van der Waals surface area contributed by atoms with Gasteiger partial charge in [-0.25, -0.2) is 0 Å². The lowest BCUT2D eigenvalue weighted by atomic mass is 10.0. The zero-order valence-corrected chi connectivity index (χ0v) is 52.9. The molecule has 0 aromatic rings. The maximum Gasteiger partial charge on any atom is 0.306 e. The summed E-state index contributed by atoms with van der Waals surface area (Å²) in [5.74, 6) is -0.912. The van der Waals surface area contributed by atoms with Crippen molar-refractivity contribution in [2.75, 3.05) is 13.2 Å². The molecule has 0 saturated heterocycles. The molecule has 0 aliphatic carbocycles. The number of carbonyl (C=O) groups excluding carboxylic acids is 3. The molecule has 0 fully saturated rings. The van der Waals surface area contributed by atoms with Gasteiger partial charge in [-0.2, -0.15) is 0 Å². The number of allylic oxidation sites excluding steroid dienone is 10. The van der Waals surface area contributed by atoms with Crippen LogP contribution in [0.1, 0.15) is 367 Å². The van der Waals surface area contributed by atoms with Crippen LogP contribution >= 0.6 is 0 Å². The van der Waals surface area contributed by atoms with Gasteiger partial charge in [-0.1, -0.05) is 326 Å². The molecular formula is C73H132O6.